The van der Waals surface area contributed by atoms with Gasteiger partial charge in [-0.2, -0.15) is 0 Å². The van der Waals surface area contributed by atoms with E-state index in [9.17, 15) is 22.0 Å². The van der Waals surface area contributed by atoms with E-state index in [0.29, 0.717) is 12.1 Å². The van der Waals surface area contributed by atoms with Crippen LogP contribution in [-0.2, 0) is 14.8 Å². The van der Waals surface area contributed by atoms with E-state index >= 15 is 0 Å². The predicted molar refractivity (Wildman–Crippen MR) is 52.2 cm³/mol. The SMILES string of the molecule is CC(=O)CNS(=O)(=O)c1cc(F)ccc1F. The number of rotatable bonds is 4. The van der Waals surface area contributed by atoms with Gasteiger partial charge >= 0.3 is 0 Å². The maximum absolute atomic E-state index is 13.1. The standard InChI is InChI=1S/C9H9F2NO3S/c1-6(13)5-12-16(14,15)9-4-7(10)2-3-8(9)11/h2-4,12H,5H2,1H3. The van der Waals surface area contributed by atoms with E-state index in [0.717, 1.165) is 6.07 Å². The van der Waals surface area contributed by atoms with E-state index < -0.39 is 38.9 Å². The average Bonchev–Trinajstić information content (AvgIpc) is 2.19. The van der Waals surface area contributed by atoms with Gasteiger partial charge in [0, 0.05) is 0 Å². The number of ketones is 1. The highest BCUT2D eigenvalue weighted by Crippen LogP contribution is 2.15. The number of Topliss-reactive ketones (excluding diaryl/α,β-unsaturated/α-hetero) is 1. The summed E-state index contributed by atoms with van der Waals surface area (Å²) in [7, 11) is -4.19. The third kappa shape index (κ3) is 3.07. The molecule has 0 aliphatic carbocycles. The first-order valence-corrected chi connectivity index (χ1v) is 5.75. The van der Waals surface area contributed by atoms with Crippen LogP contribution < -0.4 is 4.72 Å². The third-order valence-electron chi connectivity index (χ3n) is 1.69. The van der Waals surface area contributed by atoms with Crippen molar-refractivity contribution in [2.45, 2.75) is 11.8 Å². The molecule has 4 nitrogen and oxygen atoms in total. The number of benzene rings is 1. The summed E-state index contributed by atoms with van der Waals surface area (Å²) in [5, 5.41) is 0. The molecule has 88 valence electrons. The smallest absolute Gasteiger partial charge is 0.243 e. The van der Waals surface area contributed by atoms with Gasteiger partial charge in [0.15, 0.2) is 0 Å². The van der Waals surface area contributed by atoms with Crippen molar-refractivity contribution >= 4 is 15.8 Å². The molecule has 0 bridgehead atoms. The molecule has 7 heteroatoms. The van der Waals surface area contributed by atoms with Crippen LogP contribution in [0.3, 0.4) is 0 Å². The van der Waals surface area contributed by atoms with Gasteiger partial charge in [-0.25, -0.2) is 21.9 Å². The molecule has 1 rings (SSSR count). The second-order valence-corrected chi connectivity index (χ2v) is 4.84. The molecule has 0 aliphatic heterocycles. The highest BCUT2D eigenvalue weighted by atomic mass is 32.2. The molecule has 0 radical (unpaired) electrons. The van der Waals surface area contributed by atoms with Gasteiger partial charge in [0.25, 0.3) is 0 Å². The van der Waals surface area contributed by atoms with Crippen molar-refractivity contribution in [3.8, 4) is 0 Å². The topological polar surface area (TPSA) is 63.2 Å². The lowest BCUT2D eigenvalue weighted by atomic mass is 10.3. The lowest BCUT2D eigenvalue weighted by molar-refractivity contribution is -0.115. The summed E-state index contributed by atoms with van der Waals surface area (Å²) in [5.41, 5.74) is 0. The highest BCUT2D eigenvalue weighted by Gasteiger charge is 2.19. The zero-order valence-electron chi connectivity index (χ0n) is 8.33. The van der Waals surface area contributed by atoms with E-state index in [2.05, 4.69) is 0 Å². The zero-order chi connectivity index (χ0) is 12.3. The van der Waals surface area contributed by atoms with Gasteiger partial charge in [-0.05, 0) is 25.1 Å². The first-order chi connectivity index (χ1) is 7.33. The first-order valence-electron chi connectivity index (χ1n) is 4.27. The number of sulfonamides is 1. The number of hydrogen-bond donors (Lipinski definition) is 1. The molecule has 1 aromatic rings. The van der Waals surface area contributed by atoms with E-state index in [1.807, 2.05) is 4.72 Å². The van der Waals surface area contributed by atoms with Gasteiger partial charge in [-0.15, -0.1) is 0 Å². The monoisotopic (exact) mass is 249 g/mol. The summed E-state index contributed by atoms with van der Waals surface area (Å²) in [6.45, 7) is 0.711. The van der Waals surface area contributed by atoms with Gasteiger partial charge in [-0.1, -0.05) is 0 Å². The Hall–Kier alpha value is -1.34. The molecule has 0 amide bonds. The molecule has 0 fully saturated rings. The zero-order valence-corrected chi connectivity index (χ0v) is 9.14. The van der Waals surface area contributed by atoms with Crippen LogP contribution in [0.25, 0.3) is 0 Å². The van der Waals surface area contributed by atoms with Crippen molar-refractivity contribution in [1.29, 1.82) is 0 Å². The number of nitrogens with one attached hydrogen (secondary N) is 1. The minimum Gasteiger partial charge on any atom is -0.299 e. The van der Waals surface area contributed by atoms with Crippen molar-refractivity contribution in [1.82, 2.24) is 4.72 Å². The van der Waals surface area contributed by atoms with Crippen LogP contribution >= 0.6 is 0 Å². The normalized spacial score (nSPS) is 11.4. The second-order valence-electron chi connectivity index (χ2n) is 3.10. The number of carbonyl (C=O) groups is 1. The minimum absolute atomic E-state index is 0.430. The summed E-state index contributed by atoms with van der Waals surface area (Å²) >= 11 is 0. The average molecular weight is 249 g/mol. The Bertz CT molecular complexity index is 513. The Kier molecular flexibility index (Phi) is 3.71. The van der Waals surface area contributed by atoms with Crippen LogP contribution in [0.4, 0.5) is 8.78 Å². The maximum Gasteiger partial charge on any atom is 0.243 e. The molecule has 1 N–H and O–H groups in total. The molecular formula is C9H9F2NO3S. The van der Waals surface area contributed by atoms with Crippen LogP contribution in [0, 0.1) is 11.6 Å². The number of carbonyl (C=O) groups excluding carboxylic acids is 1. The third-order valence-corrected chi connectivity index (χ3v) is 3.11. The Morgan fingerprint density at radius 3 is 2.56 bits per heavy atom. The van der Waals surface area contributed by atoms with Crippen LogP contribution in [0.2, 0.25) is 0 Å². The van der Waals surface area contributed by atoms with Gasteiger partial charge in [0.05, 0.1) is 6.54 Å². The van der Waals surface area contributed by atoms with E-state index in [-0.39, 0.29) is 0 Å². The Labute approximate surface area is 91.3 Å². The lowest BCUT2D eigenvalue weighted by Gasteiger charge is -2.05. The molecule has 0 aliphatic rings. The summed E-state index contributed by atoms with van der Waals surface area (Å²) in [6.07, 6.45) is 0. The molecular weight excluding hydrogens is 240 g/mol. The van der Waals surface area contributed by atoms with Crippen LogP contribution in [-0.4, -0.2) is 20.7 Å². The molecule has 16 heavy (non-hydrogen) atoms. The first kappa shape index (κ1) is 12.7. The second kappa shape index (κ2) is 4.67. The van der Waals surface area contributed by atoms with Crippen LogP contribution in [0.1, 0.15) is 6.92 Å². The van der Waals surface area contributed by atoms with Gasteiger partial charge < -0.3 is 0 Å². The Morgan fingerprint density at radius 2 is 2.00 bits per heavy atom. The predicted octanol–water partition coefficient (Wildman–Crippen LogP) is 0.832. The molecule has 0 heterocycles. The van der Waals surface area contributed by atoms with Crippen molar-refractivity contribution in [2.24, 2.45) is 0 Å². The van der Waals surface area contributed by atoms with Gasteiger partial charge in [0.1, 0.15) is 22.3 Å². The molecule has 0 aromatic heterocycles. The Morgan fingerprint density at radius 1 is 1.38 bits per heavy atom. The molecule has 1 aromatic carbocycles. The fraction of sp³-hybridized carbons (Fsp3) is 0.222. The van der Waals surface area contributed by atoms with E-state index in [4.69, 9.17) is 0 Å². The fourth-order valence-corrected chi connectivity index (χ4v) is 2.10. The van der Waals surface area contributed by atoms with Crippen molar-refractivity contribution in [2.75, 3.05) is 6.54 Å². The van der Waals surface area contributed by atoms with Crippen LogP contribution in [0.15, 0.2) is 23.1 Å². The number of hydrogen-bond acceptors (Lipinski definition) is 3. The molecule has 0 atom stereocenters. The van der Waals surface area contributed by atoms with E-state index in [1.54, 1.807) is 0 Å². The lowest BCUT2D eigenvalue weighted by Crippen LogP contribution is -2.29. The van der Waals surface area contributed by atoms with Crippen LogP contribution in [0.5, 0.6) is 0 Å². The molecule has 0 spiro atoms. The Balaban J connectivity index is 3.07. The van der Waals surface area contributed by atoms with Crippen molar-refractivity contribution < 1.29 is 22.0 Å². The maximum atomic E-state index is 13.1. The molecule has 0 unspecified atom stereocenters. The summed E-state index contributed by atoms with van der Waals surface area (Å²) in [4.78, 5) is 9.77. The van der Waals surface area contributed by atoms with Crippen molar-refractivity contribution in [3.05, 3.63) is 29.8 Å². The fourth-order valence-electron chi connectivity index (χ4n) is 0.958. The number of halogens is 2. The summed E-state index contributed by atoms with van der Waals surface area (Å²) < 4.78 is 50.6. The summed E-state index contributed by atoms with van der Waals surface area (Å²) in [5.74, 6) is -2.37. The van der Waals surface area contributed by atoms with E-state index in [1.165, 1.54) is 6.92 Å². The molecule has 0 saturated carbocycles. The molecule has 0 saturated heterocycles. The highest BCUT2D eigenvalue weighted by molar-refractivity contribution is 7.89. The van der Waals surface area contributed by atoms with Gasteiger partial charge in [-0.3, -0.25) is 4.79 Å². The largest absolute Gasteiger partial charge is 0.299 e. The van der Waals surface area contributed by atoms with Gasteiger partial charge in [0.2, 0.25) is 10.0 Å². The minimum atomic E-state index is -4.19. The van der Waals surface area contributed by atoms with Crippen molar-refractivity contribution in [3.63, 3.8) is 0 Å². The quantitative estimate of drug-likeness (QED) is 0.859. The summed E-state index contributed by atoms with van der Waals surface area (Å²) in [6, 6.07) is 2.06.